The monoisotopic (exact) mass is 310 g/mol. The summed E-state index contributed by atoms with van der Waals surface area (Å²) < 4.78 is 0. The van der Waals surface area contributed by atoms with Gasteiger partial charge in [-0.05, 0) is 39.3 Å². The number of nitrogens with one attached hydrogen (secondary N) is 1. The summed E-state index contributed by atoms with van der Waals surface area (Å²) in [4.78, 5) is 30.5. The predicted octanol–water partition coefficient (Wildman–Crippen LogP) is 0.982. The second-order valence-electron chi connectivity index (χ2n) is 6.42. The molecule has 2 saturated heterocycles. The van der Waals surface area contributed by atoms with E-state index < -0.39 is 0 Å². The lowest BCUT2D eigenvalue weighted by atomic mass is 9.96. The minimum absolute atomic E-state index is 0.0644. The molecule has 2 fully saturated rings. The Hall–Kier alpha value is -1.30. The van der Waals surface area contributed by atoms with Crippen molar-refractivity contribution in [1.82, 2.24) is 20.0 Å². The zero-order valence-corrected chi connectivity index (χ0v) is 14.0. The van der Waals surface area contributed by atoms with Crippen LogP contribution < -0.4 is 5.32 Å². The van der Waals surface area contributed by atoms with Crippen LogP contribution in [0.15, 0.2) is 0 Å². The van der Waals surface area contributed by atoms with E-state index in [9.17, 15) is 9.59 Å². The van der Waals surface area contributed by atoms with Crippen LogP contribution in [-0.2, 0) is 4.79 Å². The van der Waals surface area contributed by atoms with E-state index in [2.05, 4.69) is 24.2 Å². The highest BCUT2D eigenvalue weighted by molar-refractivity contribution is 5.79. The van der Waals surface area contributed by atoms with E-state index in [0.29, 0.717) is 19.6 Å². The molecule has 6 heteroatoms. The molecular weight excluding hydrogens is 280 g/mol. The summed E-state index contributed by atoms with van der Waals surface area (Å²) in [5, 5.41) is 3.02. The molecule has 3 amide bonds. The second-order valence-corrected chi connectivity index (χ2v) is 6.42. The Morgan fingerprint density at radius 1 is 1.09 bits per heavy atom. The number of piperidine rings is 1. The van der Waals surface area contributed by atoms with E-state index in [0.717, 1.165) is 51.9 Å². The Labute approximate surface area is 133 Å². The third-order valence-corrected chi connectivity index (χ3v) is 4.85. The zero-order valence-electron chi connectivity index (χ0n) is 14.0. The highest BCUT2D eigenvalue weighted by Gasteiger charge is 2.30. The largest absolute Gasteiger partial charge is 0.355 e. The summed E-state index contributed by atoms with van der Waals surface area (Å²) in [6.07, 6.45) is 3.82. The minimum Gasteiger partial charge on any atom is -0.355 e. The number of likely N-dealkylation sites (tertiary alicyclic amines) is 2. The number of carbonyl (C=O) groups is 2. The Morgan fingerprint density at radius 3 is 2.27 bits per heavy atom. The van der Waals surface area contributed by atoms with E-state index in [1.54, 1.807) is 0 Å². The topological polar surface area (TPSA) is 55.9 Å². The van der Waals surface area contributed by atoms with Gasteiger partial charge in [0.15, 0.2) is 0 Å². The smallest absolute Gasteiger partial charge is 0.319 e. The molecule has 1 N–H and O–H groups in total. The van der Waals surface area contributed by atoms with E-state index >= 15 is 0 Å². The van der Waals surface area contributed by atoms with Gasteiger partial charge in [-0.2, -0.15) is 0 Å². The lowest BCUT2D eigenvalue weighted by Gasteiger charge is -2.34. The number of likely N-dealkylation sites (N-methyl/N-ethyl adjacent to an activating group) is 1. The van der Waals surface area contributed by atoms with Crippen LogP contribution >= 0.6 is 0 Å². The van der Waals surface area contributed by atoms with Gasteiger partial charge >= 0.3 is 6.03 Å². The fraction of sp³-hybridized carbons (Fsp3) is 0.875. The molecule has 0 aromatic heterocycles. The summed E-state index contributed by atoms with van der Waals surface area (Å²) in [7, 11) is 2.05. The number of nitrogens with zero attached hydrogens (tertiary/aromatic N) is 3. The molecule has 0 aromatic carbocycles. The maximum absolute atomic E-state index is 12.3. The van der Waals surface area contributed by atoms with Crippen molar-refractivity contribution in [1.29, 1.82) is 0 Å². The third kappa shape index (κ3) is 4.60. The molecule has 126 valence electrons. The summed E-state index contributed by atoms with van der Waals surface area (Å²) in [5.41, 5.74) is 0. The van der Waals surface area contributed by atoms with Gasteiger partial charge in [-0.3, -0.25) is 4.79 Å². The van der Waals surface area contributed by atoms with E-state index in [1.807, 2.05) is 9.80 Å². The first-order valence-electron chi connectivity index (χ1n) is 8.62. The molecular formula is C16H30N4O2. The fourth-order valence-corrected chi connectivity index (χ4v) is 3.11. The SMILES string of the molecule is CCN(C)CCNC(=O)C1CCN(C(=O)N2CCCC2)CC1. The first kappa shape index (κ1) is 17.1. The molecule has 2 aliphatic rings. The predicted molar refractivity (Wildman–Crippen MR) is 86.7 cm³/mol. The van der Waals surface area contributed by atoms with Gasteiger partial charge in [0.05, 0.1) is 0 Å². The van der Waals surface area contributed by atoms with Crippen LogP contribution in [0.25, 0.3) is 0 Å². The Balaban J connectivity index is 1.67. The number of hydrogen-bond acceptors (Lipinski definition) is 3. The average Bonchev–Trinajstić information content (AvgIpc) is 3.08. The molecule has 0 saturated carbocycles. The zero-order chi connectivity index (χ0) is 15.9. The molecule has 0 aromatic rings. The van der Waals surface area contributed by atoms with Crippen LogP contribution in [0.5, 0.6) is 0 Å². The molecule has 0 radical (unpaired) electrons. The quantitative estimate of drug-likeness (QED) is 0.824. The Bertz CT molecular complexity index is 374. The maximum atomic E-state index is 12.3. The molecule has 0 unspecified atom stereocenters. The number of amides is 3. The van der Waals surface area contributed by atoms with Gasteiger partial charge in [0, 0.05) is 45.2 Å². The van der Waals surface area contributed by atoms with Crippen molar-refractivity contribution in [2.45, 2.75) is 32.6 Å². The Kier molecular flexibility index (Phi) is 6.49. The normalized spacial score (nSPS) is 19.8. The molecule has 0 bridgehead atoms. The molecule has 0 aliphatic carbocycles. The molecule has 6 nitrogen and oxygen atoms in total. The fourth-order valence-electron chi connectivity index (χ4n) is 3.11. The average molecular weight is 310 g/mol. The molecule has 2 heterocycles. The lowest BCUT2D eigenvalue weighted by molar-refractivity contribution is -0.126. The minimum atomic E-state index is 0.0644. The van der Waals surface area contributed by atoms with Crippen molar-refractivity contribution in [3.05, 3.63) is 0 Å². The van der Waals surface area contributed by atoms with Gasteiger partial charge < -0.3 is 20.0 Å². The number of carbonyl (C=O) groups excluding carboxylic acids is 2. The van der Waals surface area contributed by atoms with Crippen LogP contribution in [0, 0.1) is 5.92 Å². The van der Waals surface area contributed by atoms with Crippen molar-refractivity contribution in [2.75, 3.05) is 52.9 Å². The highest BCUT2D eigenvalue weighted by atomic mass is 16.2. The van der Waals surface area contributed by atoms with E-state index in [4.69, 9.17) is 0 Å². The van der Waals surface area contributed by atoms with E-state index in [1.165, 1.54) is 0 Å². The number of hydrogen-bond donors (Lipinski definition) is 1. The molecule has 0 spiro atoms. The van der Waals surface area contributed by atoms with Crippen LogP contribution in [0.2, 0.25) is 0 Å². The molecule has 2 rings (SSSR count). The first-order chi connectivity index (χ1) is 10.6. The van der Waals surface area contributed by atoms with Gasteiger partial charge in [-0.25, -0.2) is 4.79 Å². The van der Waals surface area contributed by atoms with Gasteiger partial charge in [0.25, 0.3) is 0 Å². The van der Waals surface area contributed by atoms with Crippen molar-refractivity contribution in [3.63, 3.8) is 0 Å². The first-order valence-corrected chi connectivity index (χ1v) is 8.62. The molecule has 0 atom stereocenters. The second kappa shape index (κ2) is 8.36. The highest BCUT2D eigenvalue weighted by Crippen LogP contribution is 2.20. The van der Waals surface area contributed by atoms with Crippen LogP contribution in [0.3, 0.4) is 0 Å². The number of rotatable bonds is 5. The Morgan fingerprint density at radius 2 is 1.68 bits per heavy atom. The van der Waals surface area contributed by atoms with Gasteiger partial charge in [0.2, 0.25) is 5.91 Å². The van der Waals surface area contributed by atoms with E-state index in [-0.39, 0.29) is 17.9 Å². The van der Waals surface area contributed by atoms with Crippen LogP contribution in [-0.4, -0.2) is 79.5 Å². The maximum Gasteiger partial charge on any atom is 0.319 e. The number of urea groups is 1. The summed E-state index contributed by atoms with van der Waals surface area (Å²) >= 11 is 0. The van der Waals surface area contributed by atoms with Gasteiger partial charge in [0.1, 0.15) is 0 Å². The van der Waals surface area contributed by atoms with Crippen LogP contribution in [0.1, 0.15) is 32.6 Å². The summed E-state index contributed by atoms with van der Waals surface area (Å²) in [6.45, 7) is 7.89. The van der Waals surface area contributed by atoms with Crippen molar-refractivity contribution < 1.29 is 9.59 Å². The summed E-state index contributed by atoms with van der Waals surface area (Å²) in [6, 6.07) is 0.168. The van der Waals surface area contributed by atoms with Crippen LogP contribution in [0.4, 0.5) is 4.79 Å². The van der Waals surface area contributed by atoms with Gasteiger partial charge in [-0.15, -0.1) is 0 Å². The molecule has 22 heavy (non-hydrogen) atoms. The standard InChI is InChI=1S/C16H30N4O2/c1-3-18(2)13-8-17-15(21)14-6-11-20(12-7-14)16(22)19-9-4-5-10-19/h14H,3-13H2,1-2H3,(H,17,21). The van der Waals surface area contributed by atoms with Crippen molar-refractivity contribution in [3.8, 4) is 0 Å². The third-order valence-electron chi connectivity index (χ3n) is 4.85. The van der Waals surface area contributed by atoms with Crippen molar-refractivity contribution >= 4 is 11.9 Å². The lowest BCUT2D eigenvalue weighted by Crippen LogP contribution is -2.48. The molecule has 2 aliphatic heterocycles. The van der Waals surface area contributed by atoms with Gasteiger partial charge in [-0.1, -0.05) is 6.92 Å². The summed E-state index contributed by atoms with van der Waals surface area (Å²) in [5.74, 6) is 0.215. The van der Waals surface area contributed by atoms with Crippen molar-refractivity contribution in [2.24, 2.45) is 5.92 Å².